The van der Waals surface area contributed by atoms with E-state index in [1.54, 1.807) is 41.6 Å². The summed E-state index contributed by atoms with van der Waals surface area (Å²) in [5.74, 6) is -0.294. The Kier molecular flexibility index (Phi) is 5.21. The molecule has 1 heterocycles. The molecule has 0 spiro atoms. The largest absolute Gasteiger partial charge is 0.338 e. The molecule has 4 nitrogen and oxygen atoms in total. The van der Waals surface area contributed by atoms with Crippen LogP contribution in [-0.4, -0.2) is 28.1 Å². The molecule has 1 aromatic carbocycles. The minimum atomic E-state index is -0.150. The molecular formula is C17H18N2O2. The van der Waals surface area contributed by atoms with Crippen LogP contribution < -0.4 is 0 Å². The Morgan fingerprint density at radius 3 is 2.33 bits per heavy atom. The predicted octanol–water partition coefficient (Wildman–Crippen LogP) is 2.70. The molecule has 2 aromatic rings. The van der Waals surface area contributed by atoms with E-state index < -0.39 is 0 Å². The molecule has 4 heteroatoms. The fraction of sp³-hybridized carbons (Fsp3) is 0.235. The highest BCUT2D eigenvalue weighted by Crippen LogP contribution is 2.08. The van der Waals surface area contributed by atoms with Crippen LogP contribution in [0.2, 0.25) is 0 Å². The number of benzene rings is 1. The van der Waals surface area contributed by atoms with Crippen molar-refractivity contribution in [2.75, 3.05) is 6.54 Å². The number of nitrogens with zero attached hydrogens (tertiary/aromatic N) is 2. The standard InChI is InChI=1S/C17H18N2O2/c1-2-19(13-14-8-10-18-11-9-14)17(21)12-16(20)15-6-4-3-5-7-15/h3-11H,2,12-13H2,1H3. The van der Waals surface area contributed by atoms with Crippen molar-refractivity contribution >= 4 is 11.7 Å². The normalized spacial score (nSPS) is 10.1. The maximum absolute atomic E-state index is 12.3. The number of hydrogen-bond donors (Lipinski definition) is 0. The Hall–Kier alpha value is -2.49. The quantitative estimate of drug-likeness (QED) is 0.604. The Balaban J connectivity index is 1.99. The SMILES string of the molecule is CCN(Cc1ccncc1)C(=O)CC(=O)c1ccccc1. The van der Waals surface area contributed by atoms with Crippen molar-refractivity contribution in [3.05, 3.63) is 66.0 Å². The van der Waals surface area contributed by atoms with Gasteiger partial charge in [-0.05, 0) is 24.6 Å². The number of carbonyl (C=O) groups excluding carboxylic acids is 2. The molecule has 0 radical (unpaired) electrons. The summed E-state index contributed by atoms with van der Waals surface area (Å²) in [5.41, 5.74) is 1.58. The van der Waals surface area contributed by atoms with Crippen molar-refractivity contribution in [1.29, 1.82) is 0 Å². The summed E-state index contributed by atoms with van der Waals surface area (Å²) in [6, 6.07) is 12.6. The second kappa shape index (κ2) is 7.33. The molecule has 0 N–H and O–H groups in total. The lowest BCUT2D eigenvalue weighted by atomic mass is 10.1. The number of ketones is 1. The van der Waals surface area contributed by atoms with Gasteiger partial charge in [0, 0.05) is 31.0 Å². The highest BCUT2D eigenvalue weighted by Gasteiger charge is 2.17. The number of amides is 1. The molecule has 0 fully saturated rings. The number of Topliss-reactive ketones (excluding diaryl/α,β-unsaturated/α-hetero) is 1. The molecule has 0 atom stereocenters. The van der Waals surface area contributed by atoms with Crippen LogP contribution in [-0.2, 0) is 11.3 Å². The van der Waals surface area contributed by atoms with E-state index in [0.717, 1.165) is 5.56 Å². The lowest BCUT2D eigenvalue weighted by Gasteiger charge is -2.20. The first-order valence-electron chi connectivity index (χ1n) is 6.95. The Morgan fingerprint density at radius 1 is 1.05 bits per heavy atom. The zero-order valence-corrected chi connectivity index (χ0v) is 12.0. The van der Waals surface area contributed by atoms with Gasteiger partial charge in [0.15, 0.2) is 5.78 Å². The molecule has 1 aromatic heterocycles. The number of hydrogen-bond acceptors (Lipinski definition) is 3. The van der Waals surface area contributed by atoms with Gasteiger partial charge in [-0.2, -0.15) is 0 Å². The molecule has 0 aliphatic rings. The topological polar surface area (TPSA) is 50.3 Å². The third-order valence-corrected chi connectivity index (χ3v) is 3.26. The first-order valence-corrected chi connectivity index (χ1v) is 6.95. The average Bonchev–Trinajstić information content (AvgIpc) is 2.54. The number of pyridine rings is 1. The fourth-order valence-corrected chi connectivity index (χ4v) is 2.06. The van der Waals surface area contributed by atoms with Gasteiger partial charge in [0.05, 0.1) is 6.42 Å². The first-order chi connectivity index (χ1) is 10.2. The Bertz CT molecular complexity index is 597. The van der Waals surface area contributed by atoms with Crippen LogP contribution in [0.25, 0.3) is 0 Å². The summed E-state index contributed by atoms with van der Waals surface area (Å²) >= 11 is 0. The monoisotopic (exact) mass is 282 g/mol. The highest BCUT2D eigenvalue weighted by molar-refractivity contribution is 6.07. The maximum Gasteiger partial charge on any atom is 0.230 e. The number of aromatic nitrogens is 1. The summed E-state index contributed by atoms with van der Waals surface area (Å²) in [6.45, 7) is 2.98. The van der Waals surface area contributed by atoms with Crippen molar-refractivity contribution in [3.8, 4) is 0 Å². The summed E-state index contributed by atoms with van der Waals surface area (Å²) in [6.07, 6.45) is 3.30. The van der Waals surface area contributed by atoms with E-state index in [1.165, 1.54) is 0 Å². The van der Waals surface area contributed by atoms with Crippen molar-refractivity contribution < 1.29 is 9.59 Å². The van der Waals surface area contributed by atoms with Crippen molar-refractivity contribution in [2.24, 2.45) is 0 Å². The lowest BCUT2D eigenvalue weighted by Crippen LogP contribution is -2.31. The van der Waals surface area contributed by atoms with E-state index in [0.29, 0.717) is 18.7 Å². The van der Waals surface area contributed by atoms with Gasteiger partial charge in [-0.15, -0.1) is 0 Å². The molecular weight excluding hydrogens is 264 g/mol. The fourth-order valence-electron chi connectivity index (χ4n) is 2.06. The van der Waals surface area contributed by atoms with E-state index in [2.05, 4.69) is 4.98 Å². The zero-order chi connectivity index (χ0) is 15.1. The first kappa shape index (κ1) is 14.9. The molecule has 1 amide bonds. The van der Waals surface area contributed by atoms with Crippen molar-refractivity contribution in [3.63, 3.8) is 0 Å². The second-order valence-corrected chi connectivity index (χ2v) is 4.73. The molecule has 0 aliphatic heterocycles. The zero-order valence-electron chi connectivity index (χ0n) is 12.0. The Labute approximate surface area is 124 Å². The summed E-state index contributed by atoms with van der Waals surface area (Å²) in [5, 5.41) is 0. The van der Waals surface area contributed by atoms with Crippen LogP contribution in [0.15, 0.2) is 54.9 Å². The second-order valence-electron chi connectivity index (χ2n) is 4.73. The Morgan fingerprint density at radius 2 is 1.71 bits per heavy atom. The minimum Gasteiger partial charge on any atom is -0.338 e. The molecule has 2 rings (SSSR count). The average molecular weight is 282 g/mol. The smallest absolute Gasteiger partial charge is 0.230 e. The predicted molar refractivity (Wildman–Crippen MR) is 80.7 cm³/mol. The van der Waals surface area contributed by atoms with E-state index in [9.17, 15) is 9.59 Å². The number of carbonyl (C=O) groups is 2. The van der Waals surface area contributed by atoms with Gasteiger partial charge < -0.3 is 4.90 Å². The van der Waals surface area contributed by atoms with Gasteiger partial charge >= 0.3 is 0 Å². The molecule has 21 heavy (non-hydrogen) atoms. The van der Waals surface area contributed by atoms with Crippen LogP contribution in [0.3, 0.4) is 0 Å². The van der Waals surface area contributed by atoms with Crippen LogP contribution in [0.5, 0.6) is 0 Å². The van der Waals surface area contributed by atoms with Gasteiger partial charge in [0.1, 0.15) is 0 Å². The maximum atomic E-state index is 12.3. The third-order valence-electron chi connectivity index (χ3n) is 3.26. The minimum absolute atomic E-state index is 0.0943. The van der Waals surface area contributed by atoms with Crippen molar-refractivity contribution in [1.82, 2.24) is 9.88 Å². The van der Waals surface area contributed by atoms with Gasteiger partial charge in [0.2, 0.25) is 5.91 Å². The van der Waals surface area contributed by atoms with Crippen LogP contribution in [0.1, 0.15) is 29.3 Å². The third kappa shape index (κ3) is 4.24. The van der Waals surface area contributed by atoms with Crippen LogP contribution in [0.4, 0.5) is 0 Å². The summed E-state index contributed by atoms with van der Waals surface area (Å²) in [4.78, 5) is 30.0. The van der Waals surface area contributed by atoms with Crippen LogP contribution in [0, 0.1) is 0 Å². The highest BCUT2D eigenvalue weighted by atomic mass is 16.2. The van der Waals surface area contributed by atoms with Gasteiger partial charge in [-0.1, -0.05) is 30.3 Å². The van der Waals surface area contributed by atoms with Crippen molar-refractivity contribution in [2.45, 2.75) is 19.9 Å². The molecule has 0 saturated carbocycles. The summed E-state index contributed by atoms with van der Waals surface area (Å²) < 4.78 is 0. The molecule has 0 bridgehead atoms. The van der Waals surface area contributed by atoms with Gasteiger partial charge in [-0.3, -0.25) is 14.6 Å². The van der Waals surface area contributed by atoms with Gasteiger partial charge in [0.25, 0.3) is 0 Å². The molecule has 0 unspecified atom stereocenters. The molecule has 0 saturated heterocycles. The van der Waals surface area contributed by atoms with E-state index in [-0.39, 0.29) is 18.1 Å². The van der Waals surface area contributed by atoms with E-state index in [4.69, 9.17) is 0 Å². The number of rotatable bonds is 6. The lowest BCUT2D eigenvalue weighted by molar-refractivity contribution is -0.130. The van der Waals surface area contributed by atoms with E-state index >= 15 is 0 Å². The summed E-state index contributed by atoms with van der Waals surface area (Å²) in [7, 11) is 0. The van der Waals surface area contributed by atoms with E-state index in [1.807, 2.05) is 25.1 Å². The molecule has 108 valence electrons. The van der Waals surface area contributed by atoms with Crippen LogP contribution >= 0.6 is 0 Å². The van der Waals surface area contributed by atoms with Gasteiger partial charge in [-0.25, -0.2) is 0 Å². The molecule has 0 aliphatic carbocycles.